The second-order valence-electron chi connectivity index (χ2n) is 11.8. The maximum Gasteiger partial charge on any atom is 0.138 e. The maximum absolute atomic E-state index is 9.96. The quantitative estimate of drug-likeness (QED) is 0.150. The van der Waals surface area contributed by atoms with E-state index in [0.29, 0.717) is 23.3 Å². The molecule has 6 heteroatoms. The summed E-state index contributed by atoms with van der Waals surface area (Å²) in [6, 6.07) is 26.7. The zero-order chi connectivity index (χ0) is 27.4. The Labute approximate surface area is 234 Å². The van der Waals surface area contributed by atoms with Crippen LogP contribution in [0.3, 0.4) is 0 Å². The van der Waals surface area contributed by atoms with E-state index in [1.807, 2.05) is 24.3 Å². The molecule has 0 atom stereocenters. The van der Waals surface area contributed by atoms with Crippen molar-refractivity contribution in [3.8, 4) is 34.5 Å². The number of hydrogen-bond donors (Lipinski definition) is 4. The average Bonchev–Trinajstić information content (AvgIpc) is 2.94. The van der Waals surface area contributed by atoms with Crippen molar-refractivity contribution in [3.05, 3.63) is 96.1 Å². The van der Waals surface area contributed by atoms with E-state index in [4.69, 9.17) is 20.9 Å². The molecule has 40 heavy (non-hydrogen) atoms. The summed E-state index contributed by atoms with van der Waals surface area (Å²) in [6.45, 7) is 0. The Hall–Kier alpha value is -4.32. The van der Waals surface area contributed by atoms with Gasteiger partial charge in [-0.1, -0.05) is 36.4 Å². The molecule has 4 aliphatic carbocycles. The van der Waals surface area contributed by atoms with Crippen molar-refractivity contribution in [2.45, 2.75) is 37.5 Å². The van der Waals surface area contributed by atoms with Crippen molar-refractivity contribution in [1.29, 1.82) is 0 Å². The second-order valence-corrected chi connectivity index (χ2v) is 11.8. The normalized spacial score (nSPS) is 24.1. The van der Waals surface area contributed by atoms with Gasteiger partial charge in [0.2, 0.25) is 0 Å². The predicted octanol–water partition coefficient (Wildman–Crippen LogP) is 7.59. The van der Waals surface area contributed by atoms with Crippen LogP contribution in [0.4, 0.5) is 11.4 Å². The summed E-state index contributed by atoms with van der Waals surface area (Å²) >= 11 is 0. The molecular weight excluding hydrogens is 500 g/mol. The van der Waals surface area contributed by atoms with Crippen LogP contribution >= 0.6 is 0 Å². The number of ether oxygens (including phenoxy) is 2. The Morgan fingerprint density at radius 3 is 1.43 bits per heavy atom. The molecule has 0 spiro atoms. The van der Waals surface area contributed by atoms with E-state index in [2.05, 4.69) is 24.3 Å². The Bertz CT molecular complexity index is 1460. The number of rotatable bonds is 6. The standard InChI is InChI=1S/C34H34N2O4/c35-28-18-24(9-11-30(28)37)39-32-7-3-1-5-26(32)34(22-14-20-13-21(16-22)17-23(34)15-20)27-6-2-4-8-33(27)40-25-10-12-31(38)29(36)19-25/h1-12,18-23,37-38H,13-17,35-36H2. The van der Waals surface area contributed by atoms with Gasteiger partial charge in [0, 0.05) is 28.7 Å². The topological polar surface area (TPSA) is 111 Å². The van der Waals surface area contributed by atoms with Crippen LogP contribution in [0.2, 0.25) is 0 Å². The summed E-state index contributed by atoms with van der Waals surface area (Å²) in [5.41, 5.74) is 14.6. The number of aromatic hydroxyl groups is 2. The number of nitrogens with two attached hydrogens (primary N) is 2. The molecule has 4 saturated carbocycles. The summed E-state index contributed by atoms with van der Waals surface area (Å²) in [5, 5.41) is 19.9. The van der Waals surface area contributed by atoms with E-state index >= 15 is 0 Å². The summed E-state index contributed by atoms with van der Waals surface area (Å²) in [7, 11) is 0. The average molecular weight is 535 g/mol. The highest BCUT2D eigenvalue weighted by atomic mass is 16.5. The fourth-order valence-electron chi connectivity index (χ4n) is 8.19. The lowest BCUT2D eigenvalue weighted by molar-refractivity contribution is -0.0431. The van der Waals surface area contributed by atoms with Gasteiger partial charge in [-0.2, -0.15) is 0 Å². The largest absolute Gasteiger partial charge is 0.506 e. The Kier molecular flexibility index (Phi) is 5.81. The van der Waals surface area contributed by atoms with Crippen molar-refractivity contribution < 1.29 is 19.7 Å². The fraction of sp³-hybridized carbons (Fsp3) is 0.294. The molecule has 6 nitrogen and oxygen atoms in total. The first-order valence-corrected chi connectivity index (χ1v) is 14.1. The smallest absolute Gasteiger partial charge is 0.138 e. The molecule has 0 aliphatic heterocycles. The number of para-hydroxylation sites is 2. The van der Waals surface area contributed by atoms with E-state index in [1.165, 1.54) is 32.1 Å². The third-order valence-electron chi connectivity index (χ3n) is 9.55. The summed E-state index contributed by atoms with van der Waals surface area (Å²) in [6.07, 6.45) is 6.10. The highest BCUT2D eigenvalue weighted by molar-refractivity contribution is 5.60. The van der Waals surface area contributed by atoms with Crippen LogP contribution in [0, 0.1) is 23.7 Å². The van der Waals surface area contributed by atoms with Gasteiger partial charge in [0.1, 0.15) is 34.5 Å². The van der Waals surface area contributed by atoms with Gasteiger partial charge in [0.05, 0.1) is 11.4 Å². The minimum absolute atomic E-state index is 0.0408. The summed E-state index contributed by atoms with van der Waals surface area (Å²) in [4.78, 5) is 0. The van der Waals surface area contributed by atoms with E-state index < -0.39 is 0 Å². The molecule has 204 valence electrons. The molecule has 0 heterocycles. The summed E-state index contributed by atoms with van der Waals surface area (Å²) < 4.78 is 13.1. The molecule has 8 rings (SSSR count). The maximum atomic E-state index is 9.96. The van der Waals surface area contributed by atoms with Gasteiger partial charge < -0.3 is 31.2 Å². The van der Waals surface area contributed by atoms with Gasteiger partial charge >= 0.3 is 0 Å². The van der Waals surface area contributed by atoms with Gasteiger partial charge in [-0.05, 0) is 92.2 Å². The Balaban J connectivity index is 1.40. The van der Waals surface area contributed by atoms with Crippen LogP contribution in [0.25, 0.3) is 0 Å². The van der Waals surface area contributed by atoms with Crippen LogP contribution in [-0.2, 0) is 5.41 Å². The molecule has 0 saturated heterocycles. The first kappa shape index (κ1) is 24.7. The van der Waals surface area contributed by atoms with E-state index in [1.54, 1.807) is 36.4 Å². The van der Waals surface area contributed by atoms with Gasteiger partial charge in [0.25, 0.3) is 0 Å². The number of phenolic OH excluding ortho intramolecular Hbond substituents is 2. The van der Waals surface area contributed by atoms with Crippen LogP contribution in [0.5, 0.6) is 34.5 Å². The highest BCUT2D eigenvalue weighted by Crippen LogP contribution is 2.67. The minimum atomic E-state index is -0.300. The lowest BCUT2D eigenvalue weighted by Gasteiger charge is -2.62. The van der Waals surface area contributed by atoms with Crippen molar-refractivity contribution in [2.24, 2.45) is 23.7 Å². The molecule has 4 aromatic rings. The first-order chi connectivity index (χ1) is 19.4. The van der Waals surface area contributed by atoms with Gasteiger partial charge in [-0.3, -0.25) is 0 Å². The van der Waals surface area contributed by atoms with Crippen molar-refractivity contribution in [2.75, 3.05) is 11.5 Å². The second kappa shape index (κ2) is 9.40. The lowest BCUT2D eigenvalue weighted by Crippen LogP contribution is -2.56. The van der Waals surface area contributed by atoms with Gasteiger partial charge in [0.15, 0.2) is 0 Å². The van der Waals surface area contributed by atoms with E-state index in [9.17, 15) is 10.2 Å². The molecular formula is C34H34N2O4. The molecule has 0 radical (unpaired) electrons. The minimum Gasteiger partial charge on any atom is -0.506 e. The number of phenols is 2. The Morgan fingerprint density at radius 2 is 1.00 bits per heavy atom. The van der Waals surface area contributed by atoms with E-state index in [0.717, 1.165) is 34.5 Å². The number of hydrogen-bond acceptors (Lipinski definition) is 6. The number of anilines is 2. The van der Waals surface area contributed by atoms with Crippen molar-refractivity contribution >= 4 is 11.4 Å². The number of nitrogen functional groups attached to an aromatic ring is 2. The molecule has 0 amide bonds. The number of benzene rings is 4. The van der Waals surface area contributed by atoms with Crippen LogP contribution in [0.15, 0.2) is 84.9 Å². The lowest BCUT2D eigenvalue weighted by atomic mass is 9.42. The third-order valence-corrected chi connectivity index (χ3v) is 9.55. The van der Waals surface area contributed by atoms with Crippen molar-refractivity contribution in [1.82, 2.24) is 0 Å². The van der Waals surface area contributed by atoms with Crippen LogP contribution in [0.1, 0.15) is 43.2 Å². The molecule has 6 N–H and O–H groups in total. The van der Waals surface area contributed by atoms with Gasteiger partial charge in [-0.15, -0.1) is 0 Å². The van der Waals surface area contributed by atoms with Gasteiger partial charge in [-0.25, -0.2) is 0 Å². The zero-order valence-corrected chi connectivity index (χ0v) is 22.3. The monoisotopic (exact) mass is 534 g/mol. The fourth-order valence-corrected chi connectivity index (χ4v) is 8.19. The molecule has 0 aromatic heterocycles. The van der Waals surface area contributed by atoms with Crippen molar-refractivity contribution in [3.63, 3.8) is 0 Å². The molecule has 4 aromatic carbocycles. The molecule has 4 aliphatic rings. The summed E-state index contributed by atoms with van der Waals surface area (Å²) in [5.74, 6) is 5.29. The predicted molar refractivity (Wildman–Crippen MR) is 156 cm³/mol. The molecule has 4 bridgehead atoms. The van der Waals surface area contributed by atoms with E-state index in [-0.39, 0.29) is 28.3 Å². The third kappa shape index (κ3) is 3.93. The molecule has 0 unspecified atom stereocenters. The zero-order valence-electron chi connectivity index (χ0n) is 22.3. The Morgan fingerprint density at radius 1 is 0.575 bits per heavy atom. The highest BCUT2D eigenvalue weighted by Gasteiger charge is 2.60. The van der Waals surface area contributed by atoms with Crippen LogP contribution < -0.4 is 20.9 Å². The molecule has 4 fully saturated rings. The first-order valence-electron chi connectivity index (χ1n) is 14.1. The SMILES string of the molecule is Nc1cc(Oc2ccccc2C2(c3ccccc3Oc3ccc(O)c(N)c3)C3CC4CC(C3)CC2C4)ccc1O. The van der Waals surface area contributed by atoms with Crippen LogP contribution in [-0.4, -0.2) is 10.2 Å².